The summed E-state index contributed by atoms with van der Waals surface area (Å²) in [7, 11) is 0. The summed E-state index contributed by atoms with van der Waals surface area (Å²) in [6, 6.07) is 6.32. The Hall–Kier alpha value is -1.59. The largest absolute Gasteiger partial charge is 0.492 e. The molecule has 1 fully saturated rings. The minimum absolute atomic E-state index is 0.248. The van der Waals surface area contributed by atoms with Crippen molar-refractivity contribution in [3.63, 3.8) is 0 Å². The molecule has 5 heteroatoms. The summed E-state index contributed by atoms with van der Waals surface area (Å²) in [5.41, 5.74) is -0.263. The van der Waals surface area contributed by atoms with Crippen LogP contribution in [0.1, 0.15) is 29.6 Å². The topological polar surface area (TPSA) is 78.8 Å². The first-order valence-corrected chi connectivity index (χ1v) is 6.48. The van der Waals surface area contributed by atoms with Crippen molar-refractivity contribution >= 4 is 5.97 Å². The van der Waals surface area contributed by atoms with Gasteiger partial charge in [-0.25, -0.2) is 4.79 Å². The van der Waals surface area contributed by atoms with E-state index in [1.165, 1.54) is 12.1 Å². The summed E-state index contributed by atoms with van der Waals surface area (Å²) in [6.07, 6.45) is 2.85. The van der Waals surface area contributed by atoms with Crippen LogP contribution in [0.25, 0.3) is 0 Å². The van der Waals surface area contributed by atoms with E-state index in [-0.39, 0.29) is 5.56 Å². The van der Waals surface area contributed by atoms with Gasteiger partial charge >= 0.3 is 5.97 Å². The molecule has 0 bridgehead atoms. The Morgan fingerprint density at radius 2 is 2.00 bits per heavy atom. The van der Waals surface area contributed by atoms with E-state index >= 15 is 0 Å². The molecule has 0 saturated heterocycles. The second-order valence-electron chi connectivity index (χ2n) is 4.93. The lowest BCUT2D eigenvalue weighted by molar-refractivity contribution is -0.0314. The van der Waals surface area contributed by atoms with Gasteiger partial charge in [0, 0.05) is 13.1 Å². The van der Waals surface area contributed by atoms with E-state index in [0.29, 0.717) is 25.4 Å². The summed E-state index contributed by atoms with van der Waals surface area (Å²) in [5, 5.41) is 21.8. The zero-order chi connectivity index (χ0) is 13.7. The van der Waals surface area contributed by atoms with E-state index in [1.54, 1.807) is 12.1 Å². The molecule has 19 heavy (non-hydrogen) atoms. The summed E-state index contributed by atoms with van der Waals surface area (Å²) in [6.45, 7) is 1.75. The van der Waals surface area contributed by atoms with Crippen molar-refractivity contribution in [1.82, 2.24) is 5.32 Å². The van der Waals surface area contributed by atoms with E-state index in [9.17, 15) is 9.90 Å². The fourth-order valence-electron chi connectivity index (χ4n) is 2.02. The van der Waals surface area contributed by atoms with E-state index in [1.807, 2.05) is 0 Å². The third kappa shape index (κ3) is 3.94. The molecule has 1 aromatic carbocycles. The van der Waals surface area contributed by atoms with Crippen LogP contribution in [-0.4, -0.2) is 41.5 Å². The number of aromatic carboxylic acids is 1. The Balaban J connectivity index is 1.63. The van der Waals surface area contributed by atoms with Crippen LogP contribution in [0.2, 0.25) is 0 Å². The van der Waals surface area contributed by atoms with Gasteiger partial charge in [0.25, 0.3) is 0 Å². The number of benzene rings is 1. The summed E-state index contributed by atoms with van der Waals surface area (Å²) >= 11 is 0. The van der Waals surface area contributed by atoms with E-state index < -0.39 is 11.6 Å². The number of nitrogens with one attached hydrogen (secondary N) is 1. The number of rotatable bonds is 7. The fourth-order valence-corrected chi connectivity index (χ4v) is 2.02. The normalized spacial score (nSPS) is 16.7. The Morgan fingerprint density at radius 3 is 2.53 bits per heavy atom. The fraction of sp³-hybridized carbons (Fsp3) is 0.500. The van der Waals surface area contributed by atoms with Crippen LogP contribution < -0.4 is 10.1 Å². The van der Waals surface area contributed by atoms with Crippen LogP contribution in [0.3, 0.4) is 0 Å². The first kappa shape index (κ1) is 13.8. The molecule has 0 atom stereocenters. The monoisotopic (exact) mass is 265 g/mol. The molecule has 0 spiro atoms. The smallest absolute Gasteiger partial charge is 0.335 e. The highest BCUT2D eigenvalue weighted by atomic mass is 16.5. The molecular formula is C14H19NO4. The van der Waals surface area contributed by atoms with Crippen molar-refractivity contribution in [2.24, 2.45) is 0 Å². The van der Waals surface area contributed by atoms with Gasteiger partial charge < -0.3 is 20.3 Å². The predicted octanol–water partition coefficient (Wildman–Crippen LogP) is 1.27. The van der Waals surface area contributed by atoms with E-state index in [4.69, 9.17) is 9.84 Å². The SMILES string of the molecule is O=C(O)c1ccc(OCCNCC2(O)CCC2)cc1. The minimum Gasteiger partial charge on any atom is -0.492 e. The van der Waals surface area contributed by atoms with Gasteiger partial charge in [0.15, 0.2) is 0 Å². The van der Waals surface area contributed by atoms with Crippen LogP contribution in [0, 0.1) is 0 Å². The Bertz CT molecular complexity index is 426. The predicted molar refractivity (Wildman–Crippen MR) is 70.6 cm³/mol. The van der Waals surface area contributed by atoms with Crippen molar-refractivity contribution in [1.29, 1.82) is 0 Å². The zero-order valence-corrected chi connectivity index (χ0v) is 10.8. The van der Waals surface area contributed by atoms with Gasteiger partial charge in [0.1, 0.15) is 12.4 Å². The van der Waals surface area contributed by atoms with Gasteiger partial charge in [0.05, 0.1) is 11.2 Å². The van der Waals surface area contributed by atoms with Crippen LogP contribution in [0.4, 0.5) is 0 Å². The van der Waals surface area contributed by atoms with Gasteiger partial charge in [-0.3, -0.25) is 0 Å². The number of aliphatic hydroxyl groups is 1. The molecule has 0 heterocycles. The maximum Gasteiger partial charge on any atom is 0.335 e. The second-order valence-corrected chi connectivity index (χ2v) is 4.93. The molecule has 1 aliphatic rings. The molecule has 1 aliphatic carbocycles. The van der Waals surface area contributed by atoms with Gasteiger partial charge in [-0.15, -0.1) is 0 Å². The lowest BCUT2D eigenvalue weighted by atomic mass is 9.80. The third-order valence-corrected chi connectivity index (χ3v) is 3.39. The molecule has 1 saturated carbocycles. The summed E-state index contributed by atoms with van der Waals surface area (Å²) < 4.78 is 5.47. The average molecular weight is 265 g/mol. The maximum atomic E-state index is 10.7. The van der Waals surface area contributed by atoms with E-state index in [0.717, 1.165) is 19.3 Å². The van der Waals surface area contributed by atoms with Gasteiger partial charge in [-0.2, -0.15) is 0 Å². The first-order chi connectivity index (χ1) is 9.09. The molecule has 1 aromatic rings. The van der Waals surface area contributed by atoms with Crippen molar-refractivity contribution in [3.05, 3.63) is 29.8 Å². The number of hydrogen-bond acceptors (Lipinski definition) is 4. The molecule has 0 unspecified atom stereocenters. The standard InChI is InChI=1S/C14H19NO4/c16-13(17)11-2-4-12(5-3-11)19-9-8-15-10-14(18)6-1-7-14/h2-5,15,18H,1,6-10H2,(H,16,17). The minimum atomic E-state index is -0.943. The second kappa shape index (κ2) is 6.04. The molecule has 5 nitrogen and oxygen atoms in total. The molecule has 0 amide bonds. The number of carboxylic acid groups (broad SMARTS) is 1. The van der Waals surface area contributed by atoms with Gasteiger partial charge in [-0.05, 0) is 43.5 Å². The summed E-state index contributed by atoms with van der Waals surface area (Å²) in [4.78, 5) is 10.7. The zero-order valence-electron chi connectivity index (χ0n) is 10.8. The molecule has 0 aliphatic heterocycles. The molecule has 3 N–H and O–H groups in total. The molecule has 104 valence electrons. The van der Waals surface area contributed by atoms with Crippen LogP contribution >= 0.6 is 0 Å². The number of hydrogen-bond donors (Lipinski definition) is 3. The third-order valence-electron chi connectivity index (χ3n) is 3.39. The maximum absolute atomic E-state index is 10.7. The van der Waals surface area contributed by atoms with Crippen molar-refractivity contribution < 1.29 is 19.7 Å². The van der Waals surface area contributed by atoms with Gasteiger partial charge in [-0.1, -0.05) is 0 Å². The van der Waals surface area contributed by atoms with E-state index in [2.05, 4.69) is 5.32 Å². The van der Waals surface area contributed by atoms with Crippen LogP contribution in [0.5, 0.6) is 5.75 Å². The first-order valence-electron chi connectivity index (χ1n) is 6.48. The highest BCUT2D eigenvalue weighted by Crippen LogP contribution is 2.30. The van der Waals surface area contributed by atoms with Gasteiger partial charge in [0.2, 0.25) is 0 Å². The van der Waals surface area contributed by atoms with Crippen LogP contribution in [0.15, 0.2) is 24.3 Å². The van der Waals surface area contributed by atoms with Crippen molar-refractivity contribution in [2.45, 2.75) is 24.9 Å². The van der Waals surface area contributed by atoms with Crippen molar-refractivity contribution in [3.8, 4) is 5.75 Å². The highest BCUT2D eigenvalue weighted by Gasteiger charge is 2.33. The Morgan fingerprint density at radius 1 is 1.32 bits per heavy atom. The number of carboxylic acids is 1. The highest BCUT2D eigenvalue weighted by molar-refractivity contribution is 5.87. The molecular weight excluding hydrogens is 246 g/mol. The van der Waals surface area contributed by atoms with Crippen LogP contribution in [-0.2, 0) is 0 Å². The lowest BCUT2D eigenvalue weighted by Crippen LogP contribution is -2.46. The molecule has 2 rings (SSSR count). The lowest BCUT2D eigenvalue weighted by Gasteiger charge is -2.36. The number of carbonyl (C=O) groups is 1. The molecule has 0 radical (unpaired) electrons. The quantitative estimate of drug-likeness (QED) is 0.647. The molecule has 0 aromatic heterocycles. The number of ether oxygens (including phenoxy) is 1. The Labute approximate surface area is 112 Å². The van der Waals surface area contributed by atoms with Crippen molar-refractivity contribution in [2.75, 3.05) is 19.7 Å². The average Bonchev–Trinajstić information content (AvgIpc) is 2.37. The Kier molecular flexibility index (Phi) is 4.39. The summed E-state index contributed by atoms with van der Waals surface area (Å²) in [5.74, 6) is -0.295.